The van der Waals surface area contributed by atoms with E-state index in [4.69, 9.17) is 14.7 Å². The molecule has 1 aliphatic heterocycles. The molecule has 2 heterocycles. The molecule has 2 spiro atoms. The van der Waals surface area contributed by atoms with E-state index in [0.717, 1.165) is 51.7 Å². The summed E-state index contributed by atoms with van der Waals surface area (Å²) in [6, 6.07) is 78.0. The lowest BCUT2D eigenvalue weighted by Gasteiger charge is -2.51. The molecule has 13 rings (SSSR count). The molecule has 2 unspecified atom stereocenters. The maximum absolute atomic E-state index is 6.76. The van der Waals surface area contributed by atoms with Gasteiger partial charge in [0.15, 0.2) is 5.84 Å². The molecule has 2 atom stereocenters. The van der Waals surface area contributed by atoms with Crippen molar-refractivity contribution in [2.75, 3.05) is 0 Å². The van der Waals surface area contributed by atoms with Gasteiger partial charge < -0.3 is 4.74 Å². The summed E-state index contributed by atoms with van der Waals surface area (Å²) in [6.45, 7) is 6.75. The van der Waals surface area contributed by atoms with Crippen LogP contribution in [0.3, 0.4) is 0 Å². The van der Waals surface area contributed by atoms with Crippen LogP contribution in [0.15, 0.2) is 222 Å². The van der Waals surface area contributed by atoms with E-state index >= 15 is 0 Å². The van der Waals surface area contributed by atoms with Gasteiger partial charge in [-0.1, -0.05) is 208 Å². The maximum atomic E-state index is 6.76. The van der Waals surface area contributed by atoms with Gasteiger partial charge in [-0.15, -0.1) is 11.3 Å². The highest BCUT2D eigenvalue weighted by molar-refractivity contribution is 7.25. The number of amidine groups is 1. The molecular formula is C64H48N2OS. The predicted molar refractivity (Wildman–Crippen MR) is 282 cm³/mol. The average molecular weight is 893 g/mol. The highest BCUT2D eigenvalue weighted by Gasteiger charge is 2.58. The summed E-state index contributed by atoms with van der Waals surface area (Å²) >= 11 is 1.84. The zero-order chi connectivity index (χ0) is 45.6. The minimum atomic E-state index is -0.620. The van der Waals surface area contributed by atoms with Crippen molar-refractivity contribution in [3.05, 3.63) is 274 Å². The first-order chi connectivity index (χ1) is 33.5. The van der Waals surface area contributed by atoms with E-state index in [-0.39, 0.29) is 12.0 Å². The Morgan fingerprint density at radius 2 is 1.01 bits per heavy atom. The number of nitrogens with zero attached hydrogens (tertiary/aromatic N) is 2. The number of hydrogen-bond donors (Lipinski definition) is 0. The molecule has 4 heteroatoms. The third-order valence-corrected chi connectivity index (χ3v) is 16.4. The monoisotopic (exact) mass is 892 g/mol. The summed E-state index contributed by atoms with van der Waals surface area (Å²) in [5, 5.41) is 2.59. The Bertz CT molecular complexity index is 3610. The second-order valence-electron chi connectivity index (χ2n) is 18.7. The molecule has 326 valence electrons. The van der Waals surface area contributed by atoms with Crippen molar-refractivity contribution in [1.29, 1.82) is 0 Å². The smallest absolute Gasteiger partial charge is 0.155 e. The van der Waals surface area contributed by atoms with Crippen LogP contribution in [0.2, 0.25) is 0 Å². The summed E-state index contributed by atoms with van der Waals surface area (Å²) in [7, 11) is 0. The second kappa shape index (κ2) is 15.7. The Hall–Kier alpha value is -7.66. The lowest BCUT2D eigenvalue weighted by atomic mass is 9.51. The van der Waals surface area contributed by atoms with Crippen LogP contribution in [0.5, 0.6) is 11.5 Å². The molecule has 1 aromatic heterocycles. The largest absolute Gasteiger partial charge is 0.457 e. The number of para-hydroxylation sites is 2. The Balaban J connectivity index is 1.03. The van der Waals surface area contributed by atoms with Crippen LogP contribution in [-0.2, 0) is 10.8 Å². The molecular weight excluding hydrogens is 845 g/mol. The average Bonchev–Trinajstić information content (AvgIpc) is 3.92. The molecule has 0 N–H and O–H groups in total. The molecule has 68 heavy (non-hydrogen) atoms. The van der Waals surface area contributed by atoms with Gasteiger partial charge in [0.2, 0.25) is 0 Å². The van der Waals surface area contributed by atoms with Crippen molar-refractivity contribution in [2.24, 2.45) is 15.9 Å². The minimum Gasteiger partial charge on any atom is -0.457 e. The molecule has 9 aromatic carbocycles. The second-order valence-corrected chi connectivity index (χ2v) is 19.8. The van der Waals surface area contributed by atoms with Crippen molar-refractivity contribution in [2.45, 2.75) is 44.1 Å². The first-order valence-electron chi connectivity index (χ1n) is 23.9. The summed E-state index contributed by atoms with van der Waals surface area (Å²) in [6.07, 6.45) is 0.957. The van der Waals surface area contributed by atoms with Gasteiger partial charge in [0, 0.05) is 42.6 Å². The Morgan fingerprint density at radius 1 is 0.485 bits per heavy atom. The van der Waals surface area contributed by atoms with E-state index in [1.165, 1.54) is 70.2 Å². The first-order valence-corrected chi connectivity index (χ1v) is 24.7. The fourth-order valence-corrected chi connectivity index (χ4v) is 13.2. The molecule has 2 aliphatic carbocycles. The minimum absolute atomic E-state index is 0.169. The number of benzene rings is 9. The van der Waals surface area contributed by atoms with Gasteiger partial charge in [0.05, 0.1) is 16.9 Å². The zero-order valence-corrected chi connectivity index (χ0v) is 39.1. The first kappa shape index (κ1) is 40.6. The molecule has 0 fully saturated rings. The van der Waals surface area contributed by atoms with Crippen LogP contribution in [0.4, 0.5) is 0 Å². The summed E-state index contributed by atoms with van der Waals surface area (Å²) in [5.74, 6) is 2.75. The predicted octanol–water partition coefficient (Wildman–Crippen LogP) is 16.3. The van der Waals surface area contributed by atoms with Gasteiger partial charge in [-0.25, -0.2) is 4.99 Å². The molecule has 0 amide bonds. The molecule has 0 saturated heterocycles. The van der Waals surface area contributed by atoms with Crippen LogP contribution >= 0.6 is 11.3 Å². The van der Waals surface area contributed by atoms with Gasteiger partial charge in [0.1, 0.15) is 11.5 Å². The summed E-state index contributed by atoms with van der Waals surface area (Å²) in [5.41, 5.74) is 15.6. The van der Waals surface area contributed by atoms with Crippen molar-refractivity contribution >= 4 is 43.1 Å². The molecule has 10 aromatic rings. The Kier molecular flexibility index (Phi) is 9.39. The van der Waals surface area contributed by atoms with E-state index in [2.05, 4.69) is 233 Å². The van der Waals surface area contributed by atoms with Gasteiger partial charge >= 0.3 is 0 Å². The quantitative estimate of drug-likeness (QED) is 0.121. The van der Waals surface area contributed by atoms with Crippen molar-refractivity contribution in [3.8, 4) is 22.6 Å². The van der Waals surface area contributed by atoms with E-state index in [1.807, 2.05) is 11.3 Å². The van der Waals surface area contributed by atoms with Crippen LogP contribution in [-0.4, -0.2) is 11.5 Å². The third-order valence-electron chi connectivity index (χ3n) is 15.2. The normalized spacial score (nSPS) is 15.8. The summed E-state index contributed by atoms with van der Waals surface area (Å²) in [4.78, 5) is 11.2. The topological polar surface area (TPSA) is 34.0 Å². The number of aliphatic imine (C=N–C) groups is 2. The fraction of sp³-hybridized carbons (Fsp3) is 0.125. The van der Waals surface area contributed by atoms with Crippen LogP contribution < -0.4 is 4.74 Å². The van der Waals surface area contributed by atoms with E-state index < -0.39 is 10.8 Å². The lowest BCUT2D eigenvalue weighted by molar-refractivity contribution is 0.428. The molecule has 0 bridgehead atoms. The number of fused-ring (bicyclic) bond motifs is 18. The third kappa shape index (κ3) is 5.77. The van der Waals surface area contributed by atoms with Crippen molar-refractivity contribution < 1.29 is 4.74 Å². The summed E-state index contributed by atoms with van der Waals surface area (Å²) < 4.78 is 9.33. The SMILES string of the molecule is CCC(C)C(N=C(N=C(C)c1ccc2c(c1)sc1ccccc12)c1ccccc1)c1ccc2c(c1)C1(c3ccccc3-2)c2ccccc2C2(c3ccccc3Oc3ccccc32)c2ccccc21. The van der Waals surface area contributed by atoms with Crippen LogP contribution in [0, 0.1) is 5.92 Å². The highest BCUT2D eigenvalue weighted by Crippen LogP contribution is 2.67. The maximum Gasteiger partial charge on any atom is 0.155 e. The van der Waals surface area contributed by atoms with E-state index in [9.17, 15) is 0 Å². The van der Waals surface area contributed by atoms with Crippen molar-refractivity contribution in [3.63, 3.8) is 0 Å². The van der Waals surface area contributed by atoms with Gasteiger partial charge in [0.25, 0.3) is 0 Å². The molecule has 0 saturated carbocycles. The molecule has 3 nitrogen and oxygen atoms in total. The van der Waals surface area contributed by atoms with Gasteiger partial charge in [-0.3, -0.25) is 4.99 Å². The Labute approximate surface area is 401 Å². The highest BCUT2D eigenvalue weighted by atomic mass is 32.1. The molecule has 3 aliphatic rings. The van der Waals surface area contributed by atoms with Gasteiger partial charge in [-0.05, 0) is 92.7 Å². The van der Waals surface area contributed by atoms with Crippen LogP contribution in [0.25, 0.3) is 31.3 Å². The lowest BCUT2D eigenvalue weighted by Crippen LogP contribution is -2.45. The standard InChI is InChI=1S/C64H48N2OS/c1-4-40(2)61(66-62(42-20-6-5-7-21-42)65-41(3)43-34-37-48-47-23-9-19-33-59(47)68-60(48)39-43)44-35-36-46-45-22-8-10-24-49(45)63(56(46)38-44)50-25-11-13-27-52(50)64(53-28-14-12-26-51(53)63)54-29-15-17-31-57(54)67-58-32-18-16-30-55(58)64/h5-40,61H,4H2,1-3H3. The number of hydrogen-bond acceptors (Lipinski definition) is 3. The van der Waals surface area contributed by atoms with Gasteiger partial charge in [-0.2, -0.15) is 0 Å². The van der Waals surface area contributed by atoms with E-state index in [0.29, 0.717) is 0 Å². The number of ether oxygens (including phenoxy) is 1. The van der Waals surface area contributed by atoms with Crippen molar-refractivity contribution in [1.82, 2.24) is 0 Å². The Morgan fingerprint density at radius 3 is 1.68 bits per heavy atom. The zero-order valence-electron chi connectivity index (χ0n) is 38.3. The molecule has 0 radical (unpaired) electrons. The van der Waals surface area contributed by atoms with E-state index in [1.54, 1.807) is 0 Å². The number of thiophene rings is 1. The van der Waals surface area contributed by atoms with Crippen LogP contribution in [0.1, 0.15) is 94.4 Å². The fourth-order valence-electron chi connectivity index (χ4n) is 12.0. The number of rotatable bonds is 6.